The van der Waals surface area contributed by atoms with Gasteiger partial charge in [0.1, 0.15) is 0 Å². The van der Waals surface area contributed by atoms with Crippen LogP contribution in [0.25, 0.3) is 0 Å². The van der Waals surface area contributed by atoms with Gasteiger partial charge in [-0.2, -0.15) is 0 Å². The maximum atomic E-state index is 11.7. The number of rotatable bonds is 7. The summed E-state index contributed by atoms with van der Waals surface area (Å²) in [6.07, 6.45) is 5.20. The maximum Gasteiger partial charge on any atom is 0.234 e. The summed E-state index contributed by atoms with van der Waals surface area (Å²) in [6, 6.07) is 0.237. The summed E-state index contributed by atoms with van der Waals surface area (Å²) in [5.41, 5.74) is 0. The fraction of sp³-hybridized carbons (Fsp3) is 0.933. The summed E-state index contributed by atoms with van der Waals surface area (Å²) < 4.78 is 5.29. The topological polar surface area (TPSA) is 41.6 Å². The van der Waals surface area contributed by atoms with E-state index in [4.69, 9.17) is 4.74 Å². The minimum Gasteiger partial charge on any atom is -0.382 e. The maximum absolute atomic E-state index is 11.7. The first-order valence-corrected chi connectivity index (χ1v) is 7.55. The number of carbonyl (C=O) groups excluding carboxylic acids is 1. The van der Waals surface area contributed by atoms with Gasteiger partial charge in [0.15, 0.2) is 0 Å². The Morgan fingerprint density at radius 2 is 1.95 bits per heavy atom. The molecule has 1 rings (SSSR count). The van der Waals surface area contributed by atoms with Crippen molar-refractivity contribution >= 4 is 5.91 Å². The second-order valence-electron chi connectivity index (χ2n) is 6.07. The van der Waals surface area contributed by atoms with Crippen LogP contribution >= 0.6 is 0 Å². The summed E-state index contributed by atoms with van der Waals surface area (Å²) >= 11 is 0. The molecule has 1 heterocycles. The summed E-state index contributed by atoms with van der Waals surface area (Å²) in [5.74, 6) is 0.962. The van der Waals surface area contributed by atoms with Crippen molar-refractivity contribution in [1.29, 1.82) is 0 Å². The van der Waals surface area contributed by atoms with Gasteiger partial charge in [-0.3, -0.25) is 9.69 Å². The van der Waals surface area contributed by atoms with Crippen LogP contribution < -0.4 is 5.32 Å². The molecule has 19 heavy (non-hydrogen) atoms. The van der Waals surface area contributed by atoms with Gasteiger partial charge in [-0.05, 0) is 65.5 Å². The number of hydrogen-bond acceptors (Lipinski definition) is 3. The van der Waals surface area contributed by atoms with E-state index in [0.717, 1.165) is 25.4 Å². The van der Waals surface area contributed by atoms with Crippen molar-refractivity contribution in [3.05, 3.63) is 0 Å². The first kappa shape index (κ1) is 16.4. The molecule has 0 spiro atoms. The molecule has 1 amide bonds. The van der Waals surface area contributed by atoms with E-state index in [0.29, 0.717) is 12.6 Å². The molecule has 0 aromatic heterocycles. The van der Waals surface area contributed by atoms with Crippen molar-refractivity contribution in [2.45, 2.75) is 58.6 Å². The van der Waals surface area contributed by atoms with E-state index in [1.807, 2.05) is 13.8 Å². The molecule has 1 atom stereocenters. The lowest BCUT2D eigenvalue weighted by molar-refractivity contribution is -0.123. The Morgan fingerprint density at radius 1 is 1.32 bits per heavy atom. The van der Waals surface area contributed by atoms with Crippen LogP contribution in [0, 0.1) is 5.92 Å². The molecule has 0 aromatic rings. The van der Waals surface area contributed by atoms with E-state index in [-0.39, 0.29) is 11.9 Å². The fourth-order valence-electron chi connectivity index (χ4n) is 2.59. The van der Waals surface area contributed by atoms with Crippen LogP contribution in [0.3, 0.4) is 0 Å². The Labute approximate surface area is 117 Å². The second-order valence-corrected chi connectivity index (χ2v) is 6.07. The molecule has 1 aliphatic rings. The number of methoxy groups -OCH3 is 1. The quantitative estimate of drug-likeness (QED) is 0.770. The average molecular weight is 270 g/mol. The van der Waals surface area contributed by atoms with Gasteiger partial charge in [-0.15, -0.1) is 0 Å². The summed E-state index contributed by atoms with van der Waals surface area (Å²) in [7, 11) is 1.78. The number of likely N-dealkylation sites (tertiary alicyclic amines) is 1. The Bertz CT molecular complexity index is 261. The van der Waals surface area contributed by atoms with Gasteiger partial charge in [0.25, 0.3) is 0 Å². The van der Waals surface area contributed by atoms with Crippen LogP contribution in [0.1, 0.15) is 46.5 Å². The molecule has 0 bridgehead atoms. The molecule has 1 fully saturated rings. The molecular formula is C15H30N2O2. The van der Waals surface area contributed by atoms with Gasteiger partial charge in [-0.25, -0.2) is 0 Å². The Balaban J connectivity index is 2.16. The Hall–Kier alpha value is -0.610. The number of nitrogens with zero attached hydrogens (tertiary/aromatic N) is 1. The highest BCUT2D eigenvalue weighted by molar-refractivity contribution is 5.78. The predicted octanol–water partition coefficient (Wildman–Crippen LogP) is 2.04. The first-order valence-electron chi connectivity index (χ1n) is 7.55. The van der Waals surface area contributed by atoms with Crippen LogP contribution in [-0.4, -0.2) is 49.7 Å². The molecule has 0 saturated carbocycles. The third-order valence-corrected chi connectivity index (χ3v) is 3.91. The van der Waals surface area contributed by atoms with Crippen LogP contribution in [0.2, 0.25) is 0 Å². The van der Waals surface area contributed by atoms with E-state index in [1.54, 1.807) is 7.11 Å². The molecule has 0 unspecified atom stereocenters. The van der Waals surface area contributed by atoms with Crippen molar-refractivity contribution in [2.24, 2.45) is 5.92 Å². The third-order valence-electron chi connectivity index (χ3n) is 3.91. The zero-order valence-corrected chi connectivity index (χ0v) is 12.9. The van der Waals surface area contributed by atoms with Crippen LogP contribution in [0.15, 0.2) is 0 Å². The van der Waals surface area contributed by atoms with Gasteiger partial charge in [0, 0.05) is 13.2 Å². The molecular weight excluding hydrogens is 240 g/mol. The SMILES string of the molecule is CO[C@H](C)CCC1CCN(CC(=O)NC(C)C)CC1. The van der Waals surface area contributed by atoms with Crippen molar-refractivity contribution in [2.75, 3.05) is 26.7 Å². The normalized spacial score (nSPS) is 19.6. The largest absolute Gasteiger partial charge is 0.382 e. The molecule has 0 radical (unpaired) electrons. The van der Waals surface area contributed by atoms with Gasteiger partial charge in [0.2, 0.25) is 5.91 Å². The number of carbonyl (C=O) groups is 1. The lowest BCUT2D eigenvalue weighted by atomic mass is 9.91. The van der Waals surface area contributed by atoms with Crippen LogP contribution in [0.4, 0.5) is 0 Å². The molecule has 4 nitrogen and oxygen atoms in total. The molecule has 1 saturated heterocycles. The summed E-state index contributed by atoms with van der Waals surface area (Å²) in [4.78, 5) is 14.0. The number of piperidine rings is 1. The van der Waals surface area contributed by atoms with Crippen molar-refractivity contribution in [3.63, 3.8) is 0 Å². The highest BCUT2D eigenvalue weighted by Crippen LogP contribution is 2.22. The summed E-state index contributed by atoms with van der Waals surface area (Å²) in [5, 5.41) is 2.95. The second kappa shape index (κ2) is 8.54. The van der Waals surface area contributed by atoms with Gasteiger partial charge >= 0.3 is 0 Å². The van der Waals surface area contributed by atoms with Crippen molar-refractivity contribution < 1.29 is 9.53 Å². The molecule has 4 heteroatoms. The van der Waals surface area contributed by atoms with Gasteiger partial charge in [-0.1, -0.05) is 0 Å². The lowest BCUT2D eigenvalue weighted by Gasteiger charge is -2.32. The van der Waals surface area contributed by atoms with E-state index in [9.17, 15) is 4.79 Å². The smallest absolute Gasteiger partial charge is 0.234 e. The van der Waals surface area contributed by atoms with E-state index in [1.165, 1.54) is 19.3 Å². The third kappa shape index (κ3) is 6.92. The van der Waals surface area contributed by atoms with E-state index < -0.39 is 0 Å². The van der Waals surface area contributed by atoms with Crippen molar-refractivity contribution in [3.8, 4) is 0 Å². The number of amides is 1. The monoisotopic (exact) mass is 270 g/mol. The van der Waals surface area contributed by atoms with Crippen LogP contribution in [-0.2, 0) is 9.53 Å². The number of nitrogens with one attached hydrogen (secondary N) is 1. The minimum absolute atomic E-state index is 0.154. The zero-order chi connectivity index (χ0) is 14.3. The molecule has 1 aliphatic heterocycles. The number of ether oxygens (including phenoxy) is 1. The Kier molecular flexibility index (Phi) is 7.39. The predicted molar refractivity (Wildman–Crippen MR) is 78.1 cm³/mol. The fourth-order valence-corrected chi connectivity index (χ4v) is 2.59. The molecule has 0 aromatic carbocycles. The lowest BCUT2D eigenvalue weighted by Crippen LogP contribution is -2.43. The molecule has 112 valence electrons. The summed E-state index contributed by atoms with van der Waals surface area (Å²) in [6.45, 7) is 8.79. The standard InChI is InChI=1S/C15H30N2O2/c1-12(2)16-15(18)11-17-9-7-14(8-10-17)6-5-13(3)19-4/h12-14H,5-11H2,1-4H3,(H,16,18)/t13-/m1/s1. The highest BCUT2D eigenvalue weighted by Gasteiger charge is 2.21. The average Bonchev–Trinajstić information content (AvgIpc) is 2.36. The zero-order valence-electron chi connectivity index (χ0n) is 12.9. The highest BCUT2D eigenvalue weighted by atomic mass is 16.5. The minimum atomic E-state index is 0.154. The Morgan fingerprint density at radius 3 is 2.47 bits per heavy atom. The van der Waals surface area contributed by atoms with Gasteiger partial charge in [0.05, 0.1) is 12.6 Å². The van der Waals surface area contributed by atoms with Crippen LogP contribution in [0.5, 0.6) is 0 Å². The first-order chi connectivity index (χ1) is 9.01. The van der Waals surface area contributed by atoms with E-state index in [2.05, 4.69) is 17.1 Å². The van der Waals surface area contributed by atoms with Crippen molar-refractivity contribution in [1.82, 2.24) is 10.2 Å². The van der Waals surface area contributed by atoms with Gasteiger partial charge < -0.3 is 10.1 Å². The molecule has 1 N–H and O–H groups in total. The number of hydrogen-bond donors (Lipinski definition) is 1. The molecule has 0 aliphatic carbocycles. The van der Waals surface area contributed by atoms with E-state index >= 15 is 0 Å².